The third-order valence-corrected chi connectivity index (χ3v) is 14.2. The maximum Gasteiger partial charge on any atom is 0.311 e. The van der Waals surface area contributed by atoms with Gasteiger partial charge < -0.3 is 28.1 Å². The molecular formula is C32H52O7Si. The molecule has 2 aliphatic heterocycles. The van der Waals surface area contributed by atoms with Crippen LogP contribution in [0.15, 0.2) is 30.3 Å². The van der Waals surface area contributed by atoms with Crippen molar-refractivity contribution < 1.29 is 32.9 Å². The molecule has 0 unspecified atom stereocenters. The highest BCUT2D eigenvalue weighted by Crippen LogP contribution is 2.52. The first-order chi connectivity index (χ1) is 18.7. The highest BCUT2D eigenvalue weighted by Gasteiger charge is 2.64. The van der Waals surface area contributed by atoms with Crippen LogP contribution < -0.4 is 0 Å². The smallest absolute Gasteiger partial charge is 0.311 e. The third kappa shape index (κ3) is 6.52. The Kier molecular flexibility index (Phi) is 9.60. The minimum absolute atomic E-state index is 0.00480. The summed E-state index contributed by atoms with van der Waals surface area (Å²) in [6.07, 6.45) is 3.22. The zero-order valence-corrected chi connectivity index (χ0v) is 27.2. The summed E-state index contributed by atoms with van der Waals surface area (Å²) < 4.78 is 39.5. The standard InChI is InChI=1S/C32H52O7Si/c1-22-26(38-40(8,9)30(4,5)6)24(3)36-29(33)23(2)27(35-21-34-20-25-16-12-10-13-17-25)31(7)28(22)37-32(39-31)18-14-11-15-19-32/h10,12-13,16-17,22-24,26-28H,11,14-15,18-21H2,1-9H3/t22-,23-,24+,26-,27+,28+,31+/m0/s1. The number of benzene rings is 1. The fourth-order valence-electron chi connectivity index (χ4n) is 6.45. The molecule has 1 aliphatic carbocycles. The zero-order chi connectivity index (χ0) is 29.3. The third-order valence-electron chi connectivity index (χ3n) is 9.76. The number of cyclic esters (lactones) is 1. The van der Waals surface area contributed by atoms with E-state index < -0.39 is 37.8 Å². The van der Waals surface area contributed by atoms with Crippen LogP contribution in [-0.2, 0) is 39.5 Å². The lowest BCUT2D eigenvalue weighted by Crippen LogP contribution is -2.57. The van der Waals surface area contributed by atoms with E-state index in [9.17, 15) is 4.79 Å². The maximum absolute atomic E-state index is 13.6. The summed E-state index contributed by atoms with van der Waals surface area (Å²) in [5.41, 5.74) is 0.163. The number of esters is 1. The molecule has 7 nitrogen and oxygen atoms in total. The van der Waals surface area contributed by atoms with E-state index in [-0.39, 0.29) is 35.9 Å². The number of hydrogen-bond acceptors (Lipinski definition) is 7. The van der Waals surface area contributed by atoms with E-state index >= 15 is 0 Å². The first-order valence-corrected chi connectivity index (χ1v) is 18.1. The molecule has 226 valence electrons. The predicted molar refractivity (Wildman–Crippen MR) is 157 cm³/mol. The summed E-state index contributed by atoms with van der Waals surface area (Å²) in [5, 5.41) is 0.00480. The highest BCUT2D eigenvalue weighted by molar-refractivity contribution is 6.74. The molecule has 40 heavy (non-hydrogen) atoms. The average Bonchev–Trinajstić information content (AvgIpc) is 3.18. The fraction of sp³-hybridized carbons (Fsp3) is 0.781. The molecule has 1 spiro atoms. The van der Waals surface area contributed by atoms with Crippen molar-refractivity contribution >= 4 is 14.3 Å². The molecule has 3 aliphatic rings. The lowest BCUT2D eigenvalue weighted by molar-refractivity contribution is -0.240. The molecule has 4 rings (SSSR count). The fourth-order valence-corrected chi connectivity index (χ4v) is 7.89. The molecule has 0 aromatic heterocycles. The van der Waals surface area contributed by atoms with E-state index in [1.54, 1.807) is 0 Å². The van der Waals surface area contributed by atoms with Gasteiger partial charge in [0.1, 0.15) is 24.6 Å². The van der Waals surface area contributed by atoms with Gasteiger partial charge in [0.2, 0.25) is 0 Å². The summed E-state index contributed by atoms with van der Waals surface area (Å²) in [6.45, 7) is 19.7. The van der Waals surface area contributed by atoms with Gasteiger partial charge in [-0.15, -0.1) is 0 Å². The Bertz CT molecular complexity index is 987. The van der Waals surface area contributed by atoms with Crippen molar-refractivity contribution in [2.75, 3.05) is 6.79 Å². The second-order valence-corrected chi connectivity index (χ2v) is 18.7. The average molecular weight is 577 g/mol. The Morgan fingerprint density at radius 1 is 1.02 bits per heavy atom. The van der Waals surface area contributed by atoms with Gasteiger partial charge in [0.05, 0.1) is 24.7 Å². The molecule has 0 bridgehead atoms. The van der Waals surface area contributed by atoms with Crippen LogP contribution in [0, 0.1) is 11.8 Å². The first-order valence-electron chi connectivity index (χ1n) is 15.2. The molecule has 1 aromatic rings. The Hall–Kier alpha value is -1.29. The Morgan fingerprint density at radius 2 is 1.68 bits per heavy atom. The van der Waals surface area contributed by atoms with E-state index in [1.807, 2.05) is 44.2 Å². The van der Waals surface area contributed by atoms with E-state index in [4.69, 9.17) is 28.1 Å². The van der Waals surface area contributed by atoms with Crippen LogP contribution >= 0.6 is 0 Å². The van der Waals surface area contributed by atoms with Gasteiger partial charge in [0, 0.05) is 18.8 Å². The minimum atomic E-state index is -2.20. The molecule has 7 atom stereocenters. The Balaban J connectivity index is 1.66. The van der Waals surface area contributed by atoms with Crippen LogP contribution in [0.4, 0.5) is 0 Å². The lowest BCUT2D eigenvalue weighted by atomic mass is 9.78. The van der Waals surface area contributed by atoms with Gasteiger partial charge in [0.25, 0.3) is 0 Å². The monoisotopic (exact) mass is 576 g/mol. The molecule has 1 aromatic carbocycles. The SMILES string of the molecule is C[C@H]1[C@H](O[Si](C)(C)C(C)(C)C)[C@@H](C)OC(=O)[C@@H](C)[C@@H](OCOCc2ccccc2)[C@@]2(C)OC3(CCCCC3)O[C@H]12. The van der Waals surface area contributed by atoms with Gasteiger partial charge in [-0.25, -0.2) is 0 Å². The second kappa shape index (κ2) is 12.1. The number of carbonyl (C=O) groups excluding carboxylic acids is 1. The van der Waals surface area contributed by atoms with Crippen molar-refractivity contribution in [3.05, 3.63) is 35.9 Å². The van der Waals surface area contributed by atoms with Gasteiger partial charge in [0.15, 0.2) is 14.1 Å². The lowest BCUT2D eigenvalue weighted by Gasteiger charge is -2.44. The van der Waals surface area contributed by atoms with Crippen molar-refractivity contribution in [1.82, 2.24) is 0 Å². The molecule has 0 radical (unpaired) electrons. The van der Waals surface area contributed by atoms with Crippen LogP contribution in [-0.4, -0.2) is 56.9 Å². The second-order valence-electron chi connectivity index (χ2n) is 14.0. The van der Waals surface area contributed by atoms with Gasteiger partial charge in [-0.05, 0) is 57.3 Å². The van der Waals surface area contributed by atoms with E-state index in [0.29, 0.717) is 6.61 Å². The summed E-state index contributed by atoms with van der Waals surface area (Å²) in [4.78, 5) is 13.6. The molecule has 0 N–H and O–H groups in total. The minimum Gasteiger partial charge on any atom is -0.460 e. The van der Waals surface area contributed by atoms with Gasteiger partial charge >= 0.3 is 5.97 Å². The molecule has 2 heterocycles. The molecular weight excluding hydrogens is 524 g/mol. The number of rotatable bonds is 7. The number of ether oxygens (including phenoxy) is 5. The van der Waals surface area contributed by atoms with Crippen molar-refractivity contribution in [2.45, 2.75) is 141 Å². The normalized spacial score (nSPS) is 35.0. The zero-order valence-electron chi connectivity index (χ0n) is 26.2. The van der Waals surface area contributed by atoms with Crippen LogP contribution in [0.3, 0.4) is 0 Å². The van der Waals surface area contributed by atoms with E-state index in [2.05, 4.69) is 47.7 Å². The van der Waals surface area contributed by atoms with E-state index in [0.717, 1.165) is 31.2 Å². The van der Waals surface area contributed by atoms with Gasteiger partial charge in [-0.1, -0.05) is 64.4 Å². The molecule has 8 heteroatoms. The predicted octanol–water partition coefficient (Wildman–Crippen LogP) is 6.99. The first kappa shape index (κ1) is 31.6. The molecule has 1 saturated carbocycles. The van der Waals surface area contributed by atoms with Crippen LogP contribution in [0.25, 0.3) is 0 Å². The molecule has 0 amide bonds. The van der Waals surface area contributed by atoms with Crippen LogP contribution in [0.5, 0.6) is 0 Å². The Morgan fingerprint density at radius 3 is 2.30 bits per heavy atom. The number of hydrogen-bond donors (Lipinski definition) is 0. The summed E-state index contributed by atoms with van der Waals surface area (Å²) >= 11 is 0. The Labute approximate surface area is 242 Å². The van der Waals surface area contributed by atoms with Crippen molar-refractivity contribution in [3.63, 3.8) is 0 Å². The highest BCUT2D eigenvalue weighted by atomic mass is 28.4. The quantitative estimate of drug-likeness (QED) is 0.150. The summed E-state index contributed by atoms with van der Waals surface area (Å²) in [6, 6.07) is 9.99. The van der Waals surface area contributed by atoms with Crippen LogP contribution in [0.1, 0.15) is 86.1 Å². The van der Waals surface area contributed by atoms with Crippen molar-refractivity contribution in [1.29, 1.82) is 0 Å². The largest absolute Gasteiger partial charge is 0.460 e. The maximum atomic E-state index is 13.6. The molecule has 3 fully saturated rings. The van der Waals surface area contributed by atoms with E-state index in [1.165, 1.54) is 6.42 Å². The summed E-state index contributed by atoms with van der Waals surface area (Å²) in [5.74, 6) is -1.68. The number of carbonyl (C=O) groups is 1. The number of fused-ring (bicyclic) bond motifs is 1. The topological polar surface area (TPSA) is 72.5 Å². The summed E-state index contributed by atoms with van der Waals surface area (Å²) in [7, 11) is -2.20. The van der Waals surface area contributed by atoms with Gasteiger partial charge in [-0.3, -0.25) is 4.79 Å². The van der Waals surface area contributed by atoms with Gasteiger partial charge in [-0.2, -0.15) is 0 Å². The van der Waals surface area contributed by atoms with Crippen molar-refractivity contribution in [2.24, 2.45) is 11.8 Å². The molecule has 2 saturated heterocycles. The van der Waals surface area contributed by atoms with Crippen molar-refractivity contribution in [3.8, 4) is 0 Å². The van der Waals surface area contributed by atoms with Crippen LogP contribution in [0.2, 0.25) is 18.1 Å².